The lowest BCUT2D eigenvalue weighted by atomic mass is 10.1. The Hall–Kier alpha value is -2.02. The monoisotopic (exact) mass is 380 g/mol. The summed E-state index contributed by atoms with van der Waals surface area (Å²) in [5.41, 5.74) is 0.00777. The molecule has 2 aliphatic rings. The van der Waals surface area contributed by atoms with E-state index < -0.39 is 17.6 Å². The molecular formula is C20H26F2N2O3. The molecule has 1 saturated heterocycles. The fourth-order valence-electron chi connectivity index (χ4n) is 3.77. The quantitative estimate of drug-likeness (QED) is 0.609. The summed E-state index contributed by atoms with van der Waals surface area (Å²) in [5.74, 6) is -2.62. The van der Waals surface area contributed by atoms with Gasteiger partial charge in [0.05, 0.1) is 24.3 Å². The van der Waals surface area contributed by atoms with Gasteiger partial charge in [0.1, 0.15) is 11.6 Å². The fourth-order valence-corrected chi connectivity index (χ4v) is 3.77. The molecule has 5 nitrogen and oxygen atoms in total. The molecule has 1 aliphatic carbocycles. The van der Waals surface area contributed by atoms with Gasteiger partial charge in [0.2, 0.25) is 11.8 Å². The minimum absolute atomic E-state index is 0.00777. The van der Waals surface area contributed by atoms with Gasteiger partial charge in [-0.25, -0.2) is 8.78 Å². The van der Waals surface area contributed by atoms with Gasteiger partial charge in [-0.3, -0.25) is 9.59 Å². The lowest BCUT2D eigenvalue weighted by Gasteiger charge is -2.18. The predicted molar refractivity (Wildman–Crippen MR) is 97.3 cm³/mol. The van der Waals surface area contributed by atoms with Gasteiger partial charge in [0.15, 0.2) is 0 Å². The summed E-state index contributed by atoms with van der Waals surface area (Å²) in [6.45, 7) is 0.939. The van der Waals surface area contributed by atoms with Crippen LogP contribution in [0.5, 0.6) is 0 Å². The lowest BCUT2D eigenvalue weighted by Crippen LogP contribution is -2.35. The van der Waals surface area contributed by atoms with Crippen LogP contribution in [0.4, 0.5) is 14.5 Å². The molecule has 1 saturated carbocycles. The smallest absolute Gasteiger partial charge is 0.227 e. The molecule has 1 aromatic rings. The summed E-state index contributed by atoms with van der Waals surface area (Å²) in [7, 11) is 0. The standard InChI is InChI=1S/C20H26F2N2O3/c21-15-7-8-18(17(22)12-15)24-13-14(11-19(24)25)20(26)23-9-10-27-16-5-3-1-2-4-6-16/h7-8,12,14,16H,1-6,9-11,13H2,(H,23,26)/t14-/m1/s1. The van der Waals surface area contributed by atoms with Crippen LogP contribution in [0.15, 0.2) is 18.2 Å². The molecule has 1 atom stereocenters. The highest BCUT2D eigenvalue weighted by molar-refractivity contribution is 6.00. The first-order valence-corrected chi connectivity index (χ1v) is 9.69. The summed E-state index contributed by atoms with van der Waals surface area (Å²) in [6, 6.07) is 3.06. The van der Waals surface area contributed by atoms with E-state index in [9.17, 15) is 18.4 Å². The Morgan fingerprint density at radius 1 is 1.19 bits per heavy atom. The predicted octanol–water partition coefficient (Wildman–Crippen LogP) is 3.17. The average molecular weight is 380 g/mol. The highest BCUT2D eigenvalue weighted by Gasteiger charge is 2.36. The number of nitrogens with zero attached hydrogens (tertiary/aromatic N) is 1. The maximum absolute atomic E-state index is 13.9. The van der Waals surface area contributed by atoms with Gasteiger partial charge in [-0.05, 0) is 25.0 Å². The zero-order chi connectivity index (χ0) is 19.2. The summed E-state index contributed by atoms with van der Waals surface area (Å²) in [4.78, 5) is 25.7. The molecular weight excluding hydrogens is 354 g/mol. The Balaban J connectivity index is 1.44. The number of amides is 2. The number of carbonyl (C=O) groups is 2. The molecule has 2 amide bonds. The van der Waals surface area contributed by atoms with Crippen molar-refractivity contribution in [3.8, 4) is 0 Å². The second kappa shape index (κ2) is 9.26. The van der Waals surface area contributed by atoms with Crippen molar-refractivity contribution in [2.45, 2.75) is 51.0 Å². The van der Waals surface area contributed by atoms with Crippen molar-refractivity contribution < 1.29 is 23.1 Å². The number of ether oxygens (including phenoxy) is 1. The molecule has 3 rings (SSSR count). The van der Waals surface area contributed by atoms with Gasteiger partial charge >= 0.3 is 0 Å². The third kappa shape index (κ3) is 5.25. The Morgan fingerprint density at radius 3 is 2.63 bits per heavy atom. The molecule has 0 unspecified atom stereocenters. The second-order valence-corrected chi connectivity index (χ2v) is 7.28. The van der Waals surface area contributed by atoms with E-state index in [1.807, 2.05) is 0 Å². The van der Waals surface area contributed by atoms with Crippen LogP contribution < -0.4 is 10.2 Å². The molecule has 0 spiro atoms. The third-order valence-electron chi connectivity index (χ3n) is 5.25. The van der Waals surface area contributed by atoms with Crippen LogP contribution in [0.3, 0.4) is 0 Å². The van der Waals surface area contributed by atoms with E-state index in [1.165, 1.54) is 36.6 Å². The molecule has 1 heterocycles. The van der Waals surface area contributed by atoms with Gasteiger partial charge in [0, 0.05) is 25.6 Å². The van der Waals surface area contributed by atoms with E-state index in [2.05, 4.69) is 5.32 Å². The summed E-state index contributed by atoms with van der Waals surface area (Å²) >= 11 is 0. The van der Waals surface area contributed by atoms with E-state index in [0.717, 1.165) is 25.0 Å². The minimum Gasteiger partial charge on any atom is -0.376 e. The number of anilines is 1. The zero-order valence-electron chi connectivity index (χ0n) is 15.4. The van der Waals surface area contributed by atoms with Gasteiger partial charge in [-0.1, -0.05) is 25.7 Å². The number of hydrogen-bond acceptors (Lipinski definition) is 3. The molecule has 0 bridgehead atoms. The van der Waals surface area contributed by atoms with Crippen molar-refractivity contribution in [3.05, 3.63) is 29.8 Å². The fraction of sp³-hybridized carbons (Fsp3) is 0.600. The van der Waals surface area contributed by atoms with Crippen molar-refractivity contribution in [2.75, 3.05) is 24.6 Å². The molecule has 2 fully saturated rings. The van der Waals surface area contributed by atoms with Crippen molar-refractivity contribution >= 4 is 17.5 Å². The summed E-state index contributed by atoms with van der Waals surface area (Å²) in [6.07, 6.45) is 7.34. The Bertz CT molecular complexity index is 675. The molecule has 148 valence electrons. The maximum atomic E-state index is 13.9. The van der Waals surface area contributed by atoms with Crippen LogP contribution >= 0.6 is 0 Å². The van der Waals surface area contributed by atoms with E-state index in [1.54, 1.807) is 0 Å². The van der Waals surface area contributed by atoms with Crippen LogP contribution in [-0.2, 0) is 14.3 Å². The van der Waals surface area contributed by atoms with E-state index in [0.29, 0.717) is 13.2 Å². The zero-order valence-corrected chi connectivity index (χ0v) is 15.4. The van der Waals surface area contributed by atoms with Crippen molar-refractivity contribution in [2.24, 2.45) is 5.92 Å². The minimum atomic E-state index is -0.804. The first-order valence-electron chi connectivity index (χ1n) is 9.69. The molecule has 1 N–H and O–H groups in total. The normalized spacial score (nSPS) is 21.3. The average Bonchev–Trinajstić information content (AvgIpc) is 2.85. The summed E-state index contributed by atoms with van der Waals surface area (Å²) < 4.78 is 32.8. The molecule has 27 heavy (non-hydrogen) atoms. The SMILES string of the molecule is O=C(NCCOC1CCCCCC1)[C@@H]1CC(=O)N(c2ccc(F)cc2F)C1. The van der Waals surface area contributed by atoms with Crippen LogP contribution in [0.2, 0.25) is 0 Å². The van der Waals surface area contributed by atoms with Crippen LogP contribution in [0, 0.1) is 17.6 Å². The second-order valence-electron chi connectivity index (χ2n) is 7.28. The number of rotatable bonds is 6. The number of benzene rings is 1. The lowest BCUT2D eigenvalue weighted by molar-refractivity contribution is -0.126. The van der Waals surface area contributed by atoms with E-state index in [4.69, 9.17) is 4.74 Å². The highest BCUT2D eigenvalue weighted by atomic mass is 19.1. The Morgan fingerprint density at radius 2 is 1.93 bits per heavy atom. The van der Waals surface area contributed by atoms with Gasteiger partial charge in [-0.15, -0.1) is 0 Å². The van der Waals surface area contributed by atoms with Crippen LogP contribution in [0.25, 0.3) is 0 Å². The molecule has 7 heteroatoms. The number of hydrogen-bond donors (Lipinski definition) is 1. The third-order valence-corrected chi connectivity index (χ3v) is 5.25. The van der Waals surface area contributed by atoms with Gasteiger partial charge in [0.25, 0.3) is 0 Å². The summed E-state index contributed by atoms with van der Waals surface area (Å²) in [5, 5.41) is 2.80. The van der Waals surface area contributed by atoms with Crippen LogP contribution in [0.1, 0.15) is 44.9 Å². The van der Waals surface area contributed by atoms with Crippen molar-refractivity contribution in [1.29, 1.82) is 0 Å². The molecule has 1 aromatic carbocycles. The maximum Gasteiger partial charge on any atom is 0.227 e. The van der Waals surface area contributed by atoms with Crippen molar-refractivity contribution in [1.82, 2.24) is 5.32 Å². The highest BCUT2D eigenvalue weighted by Crippen LogP contribution is 2.28. The Labute approximate surface area is 158 Å². The number of halogens is 2. The van der Waals surface area contributed by atoms with Crippen LogP contribution in [-0.4, -0.2) is 37.6 Å². The number of carbonyl (C=O) groups excluding carboxylic acids is 2. The number of nitrogens with one attached hydrogen (secondary N) is 1. The van der Waals surface area contributed by atoms with Crippen molar-refractivity contribution in [3.63, 3.8) is 0 Å². The Kier molecular flexibility index (Phi) is 6.77. The first kappa shape index (κ1) is 19.7. The first-order chi connectivity index (χ1) is 13.0. The van der Waals surface area contributed by atoms with Gasteiger partial charge in [-0.2, -0.15) is 0 Å². The van der Waals surface area contributed by atoms with Gasteiger partial charge < -0.3 is 15.0 Å². The van der Waals surface area contributed by atoms with E-state index >= 15 is 0 Å². The largest absolute Gasteiger partial charge is 0.376 e. The molecule has 0 aromatic heterocycles. The van der Waals surface area contributed by atoms with E-state index in [-0.39, 0.29) is 36.6 Å². The molecule has 0 radical (unpaired) electrons. The topological polar surface area (TPSA) is 58.6 Å². The molecule has 1 aliphatic heterocycles.